The fraction of sp³-hybridized carbons (Fsp3) is 0.222. The molecule has 4 atom stereocenters. The van der Waals surface area contributed by atoms with E-state index < -0.39 is 23.4 Å². The van der Waals surface area contributed by atoms with Crippen molar-refractivity contribution >= 4 is 46.5 Å². The van der Waals surface area contributed by atoms with Crippen LogP contribution in [0.15, 0.2) is 86.0 Å². The first-order chi connectivity index (χ1) is 26.7. The van der Waals surface area contributed by atoms with Crippen molar-refractivity contribution in [3.63, 3.8) is 0 Å². The molecule has 56 heavy (non-hydrogen) atoms. The van der Waals surface area contributed by atoms with Gasteiger partial charge in [-0.3, -0.25) is 19.6 Å². The van der Waals surface area contributed by atoms with E-state index in [0.717, 1.165) is 12.1 Å². The molecule has 6 heterocycles. The van der Waals surface area contributed by atoms with Gasteiger partial charge in [0.15, 0.2) is 23.3 Å². The van der Waals surface area contributed by atoms with Crippen molar-refractivity contribution in [1.82, 2.24) is 39.5 Å². The van der Waals surface area contributed by atoms with E-state index in [9.17, 15) is 18.4 Å². The van der Waals surface area contributed by atoms with Crippen LogP contribution in [0.3, 0.4) is 0 Å². The van der Waals surface area contributed by atoms with Gasteiger partial charge in [-0.2, -0.15) is 10.2 Å². The lowest BCUT2D eigenvalue weighted by molar-refractivity contribution is 0.0992. The Balaban J connectivity index is 0.000000214. The van der Waals surface area contributed by atoms with Gasteiger partial charge in [-0.05, 0) is 64.1 Å². The number of rotatable bonds is 14. The van der Waals surface area contributed by atoms with Crippen molar-refractivity contribution in [2.45, 2.75) is 51.9 Å². The predicted molar refractivity (Wildman–Crippen MR) is 208 cm³/mol. The average Bonchev–Trinajstić information content (AvgIpc) is 3.90. The van der Waals surface area contributed by atoms with Crippen LogP contribution in [-0.4, -0.2) is 75.5 Å². The summed E-state index contributed by atoms with van der Waals surface area (Å²) in [6.45, 7) is 7.19. The van der Waals surface area contributed by atoms with E-state index in [1.54, 1.807) is 111 Å². The third kappa shape index (κ3) is 10.1. The zero-order valence-electron chi connectivity index (χ0n) is 30.9. The van der Waals surface area contributed by atoms with Crippen LogP contribution in [0, 0.1) is 11.6 Å². The summed E-state index contributed by atoms with van der Waals surface area (Å²) in [5, 5.41) is 20.0. The Kier molecular flexibility index (Phi) is 12.8. The van der Waals surface area contributed by atoms with Crippen LogP contribution in [0.2, 0.25) is 0 Å². The predicted octanol–water partition coefficient (Wildman–Crippen LogP) is 3.58. The van der Waals surface area contributed by atoms with Crippen LogP contribution in [-0.2, 0) is 0 Å². The third-order valence-electron chi connectivity index (χ3n) is 8.30. The number of carbonyl (C=O) groups excluding carboxylic acids is 2. The largest absolute Gasteiger partial charge is 0.365 e. The molecule has 0 bridgehead atoms. The van der Waals surface area contributed by atoms with Crippen molar-refractivity contribution < 1.29 is 18.4 Å². The molecule has 6 rings (SSSR count). The van der Waals surface area contributed by atoms with Crippen molar-refractivity contribution in [2.75, 3.05) is 21.3 Å². The summed E-state index contributed by atoms with van der Waals surface area (Å²) in [5.41, 5.74) is 24.7. The smallest absolute Gasteiger partial charge is 0.252 e. The van der Waals surface area contributed by atoms with E-state index in [2.05, 4.69) is 51.4 Å². The quantitative estimate of drug-likeness (QED) is 0.0787. The van der Waals surface area contributed by atoms with Gasteiger partial charge >= 0.3 is 0 Å². The standard InChI is InChI=1S/2C18H21FN8O/c2*1-10(20)11(2)24-18-15(19)7-14(16(21)28)17(26-18)25-12-6-13(9-22-8-12)27-5-3-4-23-27/h2*3-11H,20H2,1-2H3,(H2,21,28)(H2,24,25,26)/t2*10-,11+/m10/s1. The second-order valence-electron chi connectivity index (χ2n) is 12.8. The van der Waals surface area contributed by atoms with Crippen LogP contribution in [0.25, 0.3) is 11.4 Å². The minimum atomic E-state index is -0.808. The van der Waals surface area contributed by atoms with Gasteiger partial charge in [0.2, 0.25) is 0 Å². The third-order valence-corrected chi connectivity index (χ3v) is 8.30. The lowest BCUT2D eigenvalue weighted by atomic mass is 10.2. The second kappa shape index (κ2) is 17.8. The van der Waals surface area contributed by atoms with E-state index in [1.165, 1.54) is 0 Å². The molecule has 0 fully saturated rings. The molecular formula is C36H42F2N16O2. The number of primary amides is 2. The lowest BCUT2D eigenvalue weighted by Gasteiger charge is -2.20. The summed E-state index contributed by atoms with van der Waals surface area (Å²) in [6, 6.07) is 8.22. The number of carbonyl (C=O) groups is 2. The van der Waals surface area contributed by atoms with Gasteiger partial charge in [0.25, 0.3) is 11.8 Å². The molecule has 0 aliphatic heterocycles. The molecule has 18 nitrogen and oxygen atoms in total. The van der Waals surface area contributed by atoms with Gasteiger partial charge in [0.1, 0.15) is 11.6 Å². The highest BCUT2D eigenvalue weighted by atomic mass is 19.1. The van der Waals surface area contributed by atoms with Gasteiger partial charge < -0.3 is 44.2 Å². The zero-order chi connectivity index (χ0) is 40.5. The van der Waals surface area contributed by atoms with E-state index in [1.807, 2.05) is 0 Å². The summed E-state index contributed by atoms with van der Waals surface area (Å²) >= 11 is 0. The van der Waals surface area contributed by atoms with E-state index in [4.69, 9.17) is 22.9 Å². The van der Waals surface area contributed by atoms with Gasteiger partial charge in [0, 0.05) is 49.0 Å². The van der Waals surface area contributed by atoms with Crippen molar-refractivity contribution in [3.05, 3.63) is 109 Å². The molecule has 0 aliphatic rings. The van der Waals surface area contributed by atoms with E-state index >= 15 is 0 Å². The maximum absolute atomic E-state index is 14.4. The molecule has 12 N–H and O–H groups in total. The van der Waals surface area contributed by atoms with Gasteiger partial charge in [0.05, 0.1) is 58.7 Å². The number of hydrogen-bond donors (Lipinski definition) is 8. The number of halogens is 2. The van der Waals surface area contributed by atoms with Crippen LogP contribution in [0.5, 0.6) is 0 Å². The molecule has 292 valence electrons. The monoisotopic (exact) mass is 768 g/mol. The molecule has 0 radical (unpaired) electrons. The molecule has 0 unspecified atom stereocenters. The molecule has 6 aromatic rings. The first-order valence-electron chi connectivity index (χ1n) is 17.2. The fourth-order valence-electron chi connectivity index (χ4n) is 4.80. The molecule has 0 aromatic carbocycles. The Morgan fingerprint density at radius 1 is 0.625 bits per heavy atom. The summed E-state index contributed by atoms with van der Waals surface area (Å²) in [5.74, 6) is -2.87. The first kappa shape index (κ1) is 40.1. The number of nitrogens with two attached hydrogens (primary N) is 4. The number of nitrogens with zero attached hydrogens (tertiary/aromatic N) is 8. The molecule has 2 amide bonds. The molecule has 20 heteroatoms. The Morgan fingerprint density at radius 3 is 1.34 bits per heavy atom. The van der Waals surface area contributed by atoms with Gasteiger partial charge in [-0.15, -0.1) is 0 Å². The minimum absolute atomic E-state index is 0.0338. The molecular weight excluding hydrogens is 727 g/mol. The molecule has 0 saturated heterocycles. The molecule has 6 aromatic heterocycles. The number of anilines is 6. The summed E-state index contributed by atoms with van der Waals surface area (Å²) < 4.78 is 32.0. The summed E-state index contributed by atoms with van der Waals surface area (Å²) in [4.78, 5) is 40.2. The number of amides is 2. The maximum atomic E-state index is 14.4. The first-order valence-corrected chi connectivity index (χ1v) is 17.2. The Bertz CT molecular complexity index is 2110. The average molecular weight is 769 g/mol. The molecule has 0 spiro atoms. The van der Waals surface area contributed by atoms with Crippen molar-refractivity contribution in [1.29, 1.82) is 0 Å². The highest BCUT2D eigenvalue weighted by Gasteiger charge is 2.20. The Morgan fingerprint density at radius 2 is 1.02 bits per heavy atom. The normalized spacial score (nSPS) is 13.0. The molecule has 0 aliphatic carbocycles. The van der Waals surface area contributed by atoms with Crippen molar-refractivity contribution in [2.24, 2.45) is 22.9 Å². The zero-order valence-corrected chi connectivity index (χ0v) is 30.9. The highest BCUT2D eigenvalue weighted by Crippen LogP contribution is 2.26. The number of nitrogens with one attached hydrogen (secondary N) is 4. The highest BCUT2D eigenvalue weighted by molar-refractivity contribution is 5.99. The number of aromatic nitrogens is 8. The second-order valence-corrected chi connectivity index (χ2v) is 12.8. The van der Waals surface area contributed by atoms with Crippen LogP contribution in [0.1, 0.15) is 48.4 Å². The Hall–Kier alpha value is -7.06. The summed E-state index contributed by atoms with van der Waals surface area (Å²) in [7, 11) is 0. The van der Waals surface area contributed by atoms with Gasteiger partial charge in [-0.25, -0.2) is 28.1 Å². The van der Waals surface area contributed by atoms with Crippen LogP contribution in [0.4, 0.5) is 43.4 Å². The topological polar surface area (TPSA) is 274 Å². The molecule has 0 saturated carbocycles. The van der Waals surface area contributed by atoms with Crippen molar-refractivity contribution in [3.8, 4) is 11.4 Å². The number of pyridine rings is 4. The van der Waals surface area contributed by atoms with E-state index in [-0.39, 0.29) is 58.6 Å². The minimum Gasteiger partial charge on any atom is -0.365 e. The Labute approximate surface area is 320 Å². The maximum Gasteiger partial charge on any atom is 0.252 e. The SMILES string of the molecule is C[C@H](N)[C@@H](C)Nc1nc(Nc2cncc(-n3cccn3)c2)c(C(N)=O)cc1F.C[C@H](Nc1nc(Nc2cncc(-n3cccn3)c2)c(C(N)=O)cc1F)[C@@H](C)N. The van der Waals surface area contributed by atoms with Gasteiger partial charge in [-0.1, -0.05) is 0 Å². The van der Waals surface area contributed by atoms with E-state index in [0.29, 0.717) is 22.7 Å². The number of hydrogen-bond acceptors (Lipinski definition) is 14. The van der Waals surface area contributed by atoms with Crippen LogP contribution >= 0.6 is 0 Å². The fourth-order valence-corrected chi connectivity index (χ4v) is 4.80. The lowest BCUT2D eigenvalue weighted by Crippen LogP contribution is -2.35. The van der Waals surface area contributed by atoms with Crippen LogP contribution < -0.4 is 44.2 Å². The summed E-state index contributed by atoms with van der Waals surface area (Å²) in [6.07, 6.45) is 13.2.